The van der Waals surface area contributed by atoms with Gasteiger partial charge in [-0.25, -0.2) is 9.97 Å². The summed E-state index contributed by atoms with van der Waals surface area (Å²) >= 11 is 0. The SMILES string of the molecule is CC[C@H](C)COC(=O)[C@@H](C#N)c1nc2ccccc2nc1N1CCOCC1. The summed E-state index contributed by atoms with van der Waals surface area (Å²) < 4.78 is 10.8. The number of nitrogens with zero attached hydrogens (tertiary/aromatic N) is 4. The molecular weight excluding hydrogens is 344 g/mol. The van der Waals surface area contributed by atoms with Gasteiger partial charge < -0.3 is 14.4 Å². The van der Waals surface area contributed by atoms with Gasteiger partial charge in [0.1, 0.15) is 5.69 Å². The number of fused-ring (bicyclic) bond motifs is 1. The number of aromatic nitrogens is 2. The van der Waals surface area contributed by atoms with Crippen LogP contribution in [0.1, 0.15) is 31.9 Å². The van der Waals surface area contributed by atoms with Crippen LogP contribution in [0.15, 0.2) is 24.3 Å². The maximum Gasteiger partial charge on any atom is 0.329 e. The zero-order chi connectivity index (χ0) is 19.2. The molecule has 7 nitrogen and oxygen atoms in total. The van der Waals surface area contributed by atoms with Crippen molar-refractivity contribution in [2.24, 2.45) is 5.92 Å². The molecule has 2 heterocycles. The second-order valence-corrected chi connectivity index (χ2v) is 6.73. The van der Waals surface area contributed by atoms with Gasteiger partial charge in [-0.2, -0.15) is 5.26 Å². The number of hydrogen-bond acceptors (Lipinski definition) is 7. The van der Waals surface area contributed by atoms with Crippen molar-refractivity contribution in [2.45, 2.75) is 26.2 Å². The average Bonchev–Trinajstić information content (AvgIpc) is 2.72. The number of para-hydroxylation sites is 2. The summed E-state index contributed by atoms with van der Waals surface area (Å²) in [5.41, 5.74) is 1.74. The molecule has 142 valence electrons. The van der Waals surface area contributed by atoms with E-state index in [1.807, 2.05) is 43.0 Å². The first kappa shape index (κ1) is 19.1. The Bertz CT molecular complexity index is 843. The third kappa shape index (κ3) is 4.34. The third-order valence-corrected chi connectivity index (χ3v) is 4.73. The van der Waals surface area contributed by atoms with Crippen molar-refractivity contribution in [1.29, 1.82) is 5.26 Å². The number of carbonyl (C=O) groups excluding carboxylic acids is 1. The summed E-state index contributed by atoms with van der Waals surface area (Å²) in [6.07, 6.45) is 0.902. The Morgan fingerprint density at radius 3 is 2.59 bits per heavy atom. The van der Waals surface area contributed by atoms with Gasteiger partial charge in [0.05, 0.1) is 36.9 Å². The molecule has 0 aliphatic carbocycles. The van der Waals surface area contributed by atoms with Gasteiger partial charge in [-0.05, 0) is 18.1 Å². The van der Waals surface area contributed by atoms with Crippen LogP contribution in [0, 0.1) is 17.2 Å². The number of anilines is 1. The monoisotopic (exact) mass is 368 g/mol. The van der Waals surface area contributed by atoms with E-state index in [9.17, 15) is 10.1 Å². The fourth-order valence-corrected chi connectivity index (χ4v) is 2.86. The van der Waals surface area contributed by atoms with Crippen molar-refractivity contribution >= 4 is 22.8 Å². The molecule has 0 N–H and O–H groups in total. The molecule has 0 unspecified atom stereocenters. The van der Waals surface area contributed by atoms with Gasteiger partial charge >= 0.3 is 5.97 Å². The van der Waals surface area contributed by atoms with E-state index in [0.717, 1.165) is 11.9 Å². The molecule has 2 atom stereocenters. The van der Waals surface area contributed by atoms with Gasteiger partial charge in [-0.1, -0.05) is 32.4 Å². The molecule has 2 aromatic rings. The topological polar surface area (TPSA) is 88.3 Å². The first-order chi connectivity index (χ1) is 13.1. The zero-order valence-corrected chi connectivity index (χ0v) is 15.7. The summed E-state index contributed by atoms with van der Waals surface area (Å²) in [5, 5.41) is 9.71. The van der Waals surface area contributed by atoms with Crippen LogP contribution in [-0.2, 0) is 14.3 Å². The Hall–Kier alpha value is -2.72. The van der Waals surface area contributed by atoms with Crippen LogP contribution in [0.2, 0.25) is 0 Å². The molecule has 0 spiro atoms. The van der Waals surface area contributed by atoms with Crippen molar-refractivity contribution in [3.8, 4) is 6.07 Å². The number of rotatable bonds is 6. The second kappa shape index (κ2) is 8.78. The van der Waals surface area contributed by atoms with Gasteiger partial charge in [0.15, 0.2) is 11.7 Å². The second-order valence-electron chi connectivity index (χ2n) is 6.73. The summed E-state index contributed by atoms with van der Waals surface area (Å²) in [4.78, 5) is 24.0. The van der Waals surface area contributed by atoms with E-state index in [-0.39, 0.29) is 5.92 Å². The first-order valence-electron chi connectivity index (χ1n) is 9.29. The Kier molecular flexibility index (Phi) is 6.20. The molecule has 1 fully saturated rings. The molecule has 3 rings (SSSR count). The van der Waals surface area contributed by atoms with Crippen molar-refractivity contribution in [2.75, 3.05) is 37.8 Å². The smallest absolute Gasteiger partial charge is 0.329 e. The molecule has 0 saturated carbocycles. The van der Waals surface area contributed by atoms with E-state index >= 15 is 0 Å². The third-order valence-electron chi connectivity index (χ3n) is 4.73. The lowest BCUT2D eigenvalue weighted by Crippen LogP contribution is -2.38. The van der Waals surface area contributed by atoms with Crippen LogP contribution in [0.25, 0.3) is 11.0 Å². The lowest BCUT2D eigenvalue weighted by atomic mass is 10.1. The average molecular weight is 368 g/mol. The molecule has 0 bridgehead atoms. The van der Waals surface area contributed by atoms with Gasteiger partial charge in [0.2, 0.25) is 0 Å². The normalized spacial score (nSPS) is 16.6. The summed E-state index contributed by atoms with van der Waals surface area (Å²) in [6, 6.07) is 9.52. The molecule has 0 radical (unpaired) electrons. The lowest BCUT2D eigenvalue weighted by molar-refractivity contribution is -0.145. The van der Waals surface area contributed by atoms with Crippen molar-refractivity contribution in [3.63, 3.8) is 0 Å². The Morgan fingerprint density at radius 2 is 1.96 bits per heavy atom. The van der Waals surface area contributed by atoms with Gasteiger partial charge in [0, 0.05) is 13.1 Å². The van der Waals surface area contributed by atoms with Gasteiger partial charge in [-0.15, -0.1) is 0 Å². The maximum absolute atomic E-state index is 12.6. The number of carbonyl (C=O) groups is 1. The predicted molar refractivity (Wildman–Crippen MR) is 101 cm³/mol. The lowest BCUT2D eigenvalue weighted by Gasteiger charge is -2.29. The highest BCUT2D eigenvalue weighted by atomic mass is 16.5. The minimum absolute atomic E-state index is 0.245. The number of ether oxygens (including phenoxy) is 2. The molecule has 1 aliphatic rings. The van der Waals surface area contributed by atoms with Crippen LogP contribution in [-0.4, -0.2) is 48.8 Å². The highest BCUT2D eigenvalue weighted by Gasteiger charge is 2.30. The molecule has 1 aromatic carbocycles. The molecule has 1 saturated heterocycles. The number of benzene rings is 1. The fraction of sp³-hybridized carbons (Fsp3) is 0.500. The van der Waals surface area contributed by atoms with Crippen LogP contribution < -0.4 is 4.90 Å². The van der Waals surface area contributed by atoms with Crippen LogP contribution in [0.3, 0.4) is 0 Å². The minimum atomic E-state index is -1.11. The Labute approximate surface area is 158 Å². The number of nitriles is 1. The molecule has 27 heavy (non-hydrogen) atoms. The molecule has 0 amide bonds. The standard InChI is InChI=1S/C20H24N4O3/c1-3-14(2)13-27-20(25)15(12-21)18-19(24-8-10-26-11-9-24)23-17-7-5-4-6-16(17)22-18/h4-7,14-15H,3,8-11,13H2,1-2H3/t14-,15-/m0/s1. The van der Waals surface area contributed by atoms with E-state index in [1.54, 1.807) is 0 Å². The molecular formula is C20H24N4O3. The molecule has 7 heteroatoms. The van der Waals surface area contributed by atoms with Crippen LogP contribution in [0.5, 0.6) is 0 Å². The molecule has 1 aromatic heterocycles. The van der Waals surface area contributed by atoms with Crippen molar-refractivity contribution in [1.82, 2.24) is 9.97 Å². The largest absolute Gasteiger partial charge is 0.464 e. The van der Waals surface area contributed by atoms with E-state index in [2.05, 4.69) is 11.1 Å². The van der Waals surface area contributed by atoms with E-state index in [0.29, 0.717) is 49.9 Å². The summed E-state index contributed by atoms with van der Waals surface area (Å²) in [6.45, 7) is 6.75. The Morgan fingerprint density at radius 1 is 1.30 bits per heavy atom. The quantitative estimate of drug-likeness (QED) is 0.724. The number of hydrogen-bond donors (Lipinski definition) is 0. The zero-order valence-electron chi connectivity index (χ0n) is 15.7. The van der Waals surface area contributed by atoms with Gasteiger partial charge in [0.25, 0.3) is 0 Å². The number of morpholine rings is 1. The number of esters is 1. The van der Waals surface area contributed by atoms with E-state index < -0.39 is 11.9 Å². The molecule has 1 aliphatic heterocycles. The summed E-state index contributed by atoms with van der Waals surface area (Å²) in [7, 11) is 0. The minimum Gasteiger partial charge on any atom is -0.464 e. The highest BCUT2D eigenvalue weighted by Crippen LogP contribution is 2.28. The van der Waals surface area contributed by atoms with E-state index in [1.165, 1.54) is 0 Å². The van der Waals surface area contributed by atoms with E-state index in [4.69, 9.17) is 14.5 Å². The van der Waals surface area contributed by atoms with Crippen LogP contribution >= 0.6 is 0 Å². The van der Waals surface area contributed by atoms with Crippen molar-refractivity contribution < 1.29 is 14.3 Å². The fourth-order valence-electron chi connectivity index (χ4n) is 2.86. The maximum atomic E-state index is 12.6. The van der Waals surface area contributed by atoms with Crippen LogP contribution in [0.4, 0.5) is 5.82 Å². The summed E-state index contributed by atoms with van der Waals surface area (Å²) in [5.74, 6) is -0.875. The first-order valence-corrected chi connectivity index (χ1v) is 9.29. The Balaban J connectivity index is 1.98. The highest BCUT2D eigenvalue weighted by molar-refractivity contribution is 5.85. The van der Waals surface area contributed by atoms with Crippen molar-refractivity contribution in [3.05, 3.63) is 30.0 Å². The van der Waals surface area contributed by atoms with Gasteiger partial charge in [-0.3, -0.25) is 4.79 Å². The predicted octanol–water partition coefficient (Wildman–Crippen LogP) is 2.66.